The van der Waals surface area contributed by atoms with Gasteiger partial charge in [-0.1, -0.05) is 0 Å². The molecule has 1 aromatic heterocycles. The molecule has 0 aliphatic rings. The molecule has 14 heteroatoms. The lowest BCUT2D eigenvalue weighted by atomic mass is 9.98. The Kier molecular flexibility index (Phi) is 12.4. The van der Waals surface area contributed by atoms with Crippen LogP contribution in [0.25, 0.3) is 0 Å². The number of aliphatic hydroxyl groups excluding tert-OH is 1. The molecule has 0 aliphatic carbocycles. The van der Waals surface area contributed by atoms with Crippen LogP contribution in [0.4, 0.5) is 0 Å². The summed E-state index contributed by atoms with van der Waals surface area (Å²) in [4.78, 5) is 49.8. The Hall–Kier alpha value is -3.15. The predicted molar refractivity (Wildman–Crippen MR) is 142 cm³/mol. The van der Waals surface area contributed by atoms with Crippen LogP contribution in [-0.2, 0) is 44.0 Å². The van der Waals surface area contributed by atoms with Crippen LogP contribution in [0.2, 0.25) is 0 Å². The molecule has 0 aromatic carbocycles. The summed E-state index contributed by atoms with van der Waals surface area (Å²) in [7, 11) is -4.21. The molecule has 0 aliphatic heterocycles. The molecule has 1 aromatic rings. The number of aryl methyl sites for hydroxylation is 2. The Morgan fingerprint density at radius 3 is 1.97 bits per heavy atom. The fourth-order valence-electron chi connectivity index (χ4n) is 2.54. The summed E-state index contributed by atoms with van der Waals surface area (Å²) in [6, 6.07) is 0. The molecule has 1 heterocycles. The molecule has 0 amide bonds. The van der Waals surface area contributed by atoms with Crippen LogP contribution in [0.3, 0.4) is 0 Å². The van der Waals surface area contributed by atoms with Crippen LogP contribution in [0.15, 0.2) is 39.2 Å². The summed E-state index contributed by atoms with van der Waals surface area (Å²) in [5.74, 6) is -0.665. The number of hydrogen-bond donors (Lipinski definition) is 2. The molecular formula is C25H39N2O11P. The zero-order valence-electron chi connectivity index (χ0n) is 23.7. The van der Waals surface area contributed by atoms with Crippen LogP contribution in [0.5, 0.6) is 0 Å². The van der Waals surface area contributed by atoms with Crippen LogP contribution in [-0.4, -0.2) is 46.8 Å². The second-order valence-corrected chi connectivity index (χ2v) is 12.4. The number of nitrogens with zero attached hydrogens (tertiary/aromatic N) is 1. The standard InChI is InChI=1S/C25H39N2O11P/c1-9-34-19(18(28)10-12-27-14-17(2)20(29)26-23(27)32)11-13-39(33,37-15-35-21(30)24(3,4)5)38-16-36-22(31)25(6,7)8/h11,13-14,28H,9-10,12,15-16H2,1-8H3,(H,26,29,32)/b13-11+,19-18+. The van der Waals surface area contributed by atoms with E-state index in [1.54, 1.807) is 48.5 Å². The van der Waals surface area contributed by atoms with Gasteiger partial charge in [0.1, 0.15) is 5.76 Å². The van der Waals surface area contributed by atoms with Gasteiger partial charge in [0.2, 0.25) is 13.6 Å². The number of ether oxygens (including phenoxy) is 3. The predicted octanol–water partition coefficient (Wildman–Crippen LogP) is 3.87. The van der Waals surface area contributed by atoms with Crippen molar-refractivity contribution in [1.29, 1.82) is 0 Å². The van der Waals surface area contributed by atoms with E-state index in [0.29, 0.717) is 5.56 Å². The van der Waals surface area contributed by atoms with Gasteiger partial charge >= 0.3 is 25.2 Å². The SMILES string of the molecule is CCOC(/C=C/P(=O)(OCOC(=O)C(C)(C)C)OCOC(=O)C(C)(C)C)=C(/O)CCn1cc(C)c(=O)[nH]c1=O. The van der Waals surface area contributed by atoms with Gasteiger partial charge in [-0.25, -0.2) is 4.79 Å². The van der Waals surface area contributed by atoms with E-state index >= 15 is 0 Å². The van der Waals surface area contributed by atoms with Crippen molar-refractivity contribution >= 4 is 19.5 Å². The van der Waals surface area contributed by atoms with E-state index in [-0.39, 0.29) is 31.1 Å². The zero-order valence-corrected chi connectivity index (χ0v) is 24.6. The number of carbonyl (C=O) groups excluding carboxylic acids is 2. The molecule has 39 heavy (non-hydrogen) atoms. The fraction of sp³-hybridized carbons (Fsp3) is 0.600. The van der Waals surface area contributed by atoms with Crippen molar-refractivity contribution in [2.45, 2.75) is 68.4 Å². The topological polar surface area (TPSA) is 172 Å². The second kappa shape index (κ2) is 14.3. The highest BCUT2D eigenvalue weighted by atomic mass is 31.2. The molecule has 0 unspecified atom stereocenters. The Morgan fingerprint density at radius 1 is 1.00 bits per heavy atom. The quantitative estimate of drug-likeness (QED) is 0.115. The van der Waals surface area contributed by atoms with Crippen molar-refractivity contribution in [2.24, 2.45) is 10.8 Å². The van der Waals surface area contributed by atoms with Crippen molar-refractivity contribution in [2.75, 3.05) is 20.2 Å². The number of aromatic amines is 1. The van der Waals surface area contributed by atoms with Crippen molar-refractivity contribution < 1.29 is 42.5 Å². The van der Waals surface area contributed by atoms with E-state index in [0.717, 1.165) is 11.9 Å². The maximum atomic E-state index is 13.3. The number of carbonyl (C=O) groups is 2. The Labute approximate surface area is 227 Å². The number of nitrogens with one attached hydrogen (secondary N) is 1. The molecular weight excluding hydrogens is 535 g/mol. The minimum absolute atomic E-state index is 0.00285. The van der Waals surface area contributed by atoms with E-state index in [4.69, 9.17) is 23.3 Å². The summed E-state index contributed by atoms with van der Waals surface area (Å²) in [5.41, 5.74) is -2.51. The van der Waals surface area contributed by atoms with Crippen LogP contribution >= 0.6 is 7.60 Å². The first kappa shape index (κ1) is 33.9. The first-order chi connectivity index (χ1) is 17.9. The number of rotatable bonds is 13. The molecule has 0 saturated carbocycles. The first-order valence-corrected chi connectivity index (χ1v) is 13.8. The van der Waals surface area contributed by atoms with Gasteiger partial charge in [0.15, 0.2) is 5.76 Å². The average molecular weight is 575 g/mol. The van der Waals surface area contributed by atoms with Crippen LogP contribution in [0.1, 0.15) is 60.5 Å². The van der Waals surface area contributed by atoms with E-state index in [2.05, 4.69) is 4.98 Å². The fourth-order valence-corrected chi connectivity index (χ4v) is 3.50. The lowest BCUT2D eigenvalue weighted by Gasteiger charge is -2.20. The number of H-pyrrole nitrogens is 1. The number of allylic oxidation sites excluding steroid dienone is 2. The molecule has 220 valence electrons. The molecule has 0 spiro atoms. The summed E-state index contributed by atoms with van der Waals surface area (Å²) < 4.78 is 40.4. The number of aliphatic hydroxyl groups is 1. The molecule has 0 bridgehead atoms. The van der Waals surface area contributed by atoms with Gasteiger partial charge in [-0.05, 0) is 61.5 Å². The minimum atomic E-state index is -4.21. The molecule has 0 atom stereocenters. The molecule has 0 saturated heterocycles. The third-order valence-corrected chi connectivity index (χ3v) is 6.29. The highest BCUT2D eigenvalue weighted by molar-refractivity contribution is 7.57. The smallest absolute Gasteiger partial charge is 0.360 e. The summed E-state index contributed by atoms with van der Waals surface area (Å²) >= 11 is 0. The second-order valence-electron chi connectivity index (χ2n) is 10.5. The number of aromatic nitrogens is 2. The van der Waals surface area contributed by atoms with Crippen molar-refractivity contribution in [3.05, 3.63) is 56.0 Å². The van der Waals surface area contributed by atoms with Crippen molar-refractivity contribution in [1.82, 2.24) is 9.55 Å². The Morgan fingerprint density at radius 2 is 1.51 bits per heavy atom. The van der Waals surface area contributed by atoms with Crippen molar-refractivity contribution in [3.63, 3.8) is 0 Å². The van der Waals surface area contributed by atoms with E-state index < -0.39 is 55.2 Å². The van der Waals surface area contributed by atoms with Gasteiger partial charge in [-0.3, -0.25) is 37.5 Å². The Balaban J connectivity index is 3.13. The third kappa shape index (κ3) is 11.6. The van der Waals surface area contributed by atoms with Gasteiger partial charge in [0, 0.05) is 30.5 Å². The third-order valence-electron chi connectivity index (χ3n) is 4.84. The molecule has 0 radical (unpaired) electrons. The monoisotopic (exact) mass is 574 g/mol. The van der Waals surface area contributed by atoms with E-state index in [1.807, 2.05) is 0 Å². The van der Waals surface area contributed by atoms with Gasteiger partial charge in [-0.2, -0.15) is 0 Å². The minimum Gasteiger partial charge on any atom is -0.508 e. The lowest BCUT2D eigenvalue weighted by Crippen LogP contribution is -2.30. The lowest BCUT2D eigenvalue weighted by molar-refractivity contribution is -0.161. The average Bonchev–Trinajstić information content (AvgIpc) is 2.81. The Bertz CT molecular complexity index is 1190. The molecule has 1 rings (SSSR count). The van der Waals surface area contributed by atoms with Crippen molar-refractivity contribution in [3.8, 4) is 0 Å². The highest BCUT2D eigenvalue weighted by Gasteiger charge is 2.28. The van der Waals surface area contributed by atoms with Crippen LogP contribution in [0, 0.1) is 17.8 Å². The normalized spacial score (nSPS) is 13.2. The zero-order chi connectivity index (χ0) is 30.0. The largest absolute Gasteiger partial charge is 0.508 e. The summed E-state index contributed by atoms with van der Waals surface area (Å²) in [5, 5.41) is 10.6. The van der Waals surface area contributed by atoms with Gasteiger partial charge in [0.05, 0.1) is 17.4 Å². The summed E-state index contributed by atoms with van der Waals surface area (Å²) in [6.07, 6.45) is 2.42. The van der Waals surface area contributed by atoms with E-state index in [1.165, 1.54) is 17.7 Å². The molecule has 13 nitrogen and oxygen atoms in total. The maximum Gasteiger partial charge on any atom is 0.360 e. The number of esters is 2. The molecule has 2 N–H and O–H groups in total. The maximum absolute atomic E-state index is 13.3. The van der Waals surface area contributed by atoms with Gasteiger partial charge < -0.3 is 19.3 Å². The van der Waals surface area contributed by atoms with Gasteiger partial charge in [-0.15, -0.1) is 0 Å². The highest BCUT2D eigenvalue weighted by Crippen LogP contribution is 2.50. The first-order valence-electron chi connectivity index (χ1n) is 12.2. The number of hydrogen-bond acceptors (Lipinski definition) is 11. The van der Waals surface area contributed by atoms with E-state index in [9.17, 15) is 28.8 Å². The summed E-state index contributed by atoms with van der Waals surface area (Å²) in [6.45, 7) is 11.6. The van der Waals surface area contributed by atoms with Crippen LogP contribution < -0.4 is 11.2 Å². The molecule has 0 fully saturated rings. The van der Waals surface area contributed by atoms with Gasteiger partial charge in [0.25, 0.3) is 5.56 Å².